The Morgan fingerprint density at radius 2 is 2.06 bits per heavy atom. The van der Waals surface area contributed by atoms with Crippen LogP contribution in [0.15, 0.2) is 0 Å². The van der Waals surface area contributed by atoms with E-state index in [1.807, 2.05) is 0 Å². The fraction of sp³-hybridized carbons (Fsp3) is 1.00. The quantitative estimate of drug-likeness (QED) is 0.802. The molecule has 2 aliphatic rings. The van der Waals surface area contributed by atoms with Crippen molar-refractivity contribution in [2.45, 2.75) is 70.0 Å². The molecule has 2 rings (SSSR count). The average Bonchev–Trinajstić information content (AvgIpc) is 2.48. The van der Waals surface area contributed by atoms with Crippen LogP contribution in [-0.4, -0.2) is 42.0 Å². The van der Waals surface area contributed by atoms with Gasteiger partial charge in [0.2, 0.25) is 0 Å². The maximum Gasteiger partial charge on any atom is 0.264 e. The minimum Gasteiger partial charge on any atom is -0.308 e. The van der Waals surface area contributed by atoms with Gasteiger partial charge >= 0.3 is 0 Å². The molecular weight excluding hydrogens is 222 g/mol. The minimum atomic E-state index is -2.50. The van der Waals surface area contributed by atoms with E-state index >= 15 is 0 Å². The monoisotopic (exact) mass is 246 g/mol. The number of hydrogen-bond acceptors (Lipinski definition) is 2. The molecule has 0 spiro atoms. The first-order valence-corrected chi connectivity index (χ1v) is 6.87. The highest BCUT2D eigenvalue weighted by Crippen LogP contribution is 2.31. The maximum absolute atomic E-state index is 13.5. The zero-order chi connectivity index (χ0) is 12.5. The normalized spacial score (nSPS) is 28.9. The summed E-state index contributed by atoms with van der Waals surface area (Å²) in [6.07, 6.45) is 4.36. The molecule has 0 aromatic rings. The predicted molar refractivity (Wildman–Crippen MR) is 65.5 cm³/mol. The Hall–Kier alpha value is -0.220. The van der Waals surface area contributed by atoms with Gasteiger partial charge in [0.25, 0.3) is 5.92 Å². The van der Waals surface area contributed by atoms with Gasteiger partial charge in [-0.05, 0) is 33.1 Å². The molecule has 0 bridgehead atoms. The Morgan fingerprint density at radius 3 is 2.47 bits per heavy atom. The minimum absolute atomic E-state index is 0.00275. The molecule has 0 aromatic carbocycles. The molecule has 1 unspecified atom stereocenters. The summed E-state index contributed by atoms with van der Waals surface area (Å²) in [5.41, 5.74) is 0. The third-order valence-corrected chi connectivity index (χ3v) is 4.24. The van der Waals surface area contributed by atoms with Crippen molar-refractivity contribution in [1.29, 1.82) is 0 Å². The first-order valence-electron chi connectivity index (χ1n) is 6.87. The first-order chi connectivity index (χ1) is 8.00. The Balaban J connectivity index is 1.82. The van der Waals surface area contributed by atoms with Crippen molar-refractivity contribution in [2.24, 2.45) is 0 Å². The van der Waals surface area contributed by atoms with E-state index in [0.717, 1.165) is 6.54 Å². The van der Waals surface area contributed by atoms with Crippen LogP contribution in [-0.2, 0) is 0 Å². The van der Waals surface area contributed by atoms with E-state index in [2.05, 4.69) is 24.1 Å². The summed E-state index contributed by atoms with van der Waals surface area (Å²) in [6, 6.07) is 0.504. The van der Waals surface area contributed by atoms with Gasteiger partial charge in [0.1, 0.15) is 0 Å². The van der Waals surface area contributed by atoms with E-state index in [1.54, 1.807) is 0 Å². The van der Waals surface area contributed by atoms with Gasteiger partial charge in [0.05, 0.1) is 6.04 Å². The lowest BCUT2D eigenvalue weighted by Crippen LogP contribution is -2.47. The molecular formula is C13H24F2N2. The van der Waals surface area contributed by atoms with Crippen LogP contribution in [0.3, 0.4) is 0 Å². The summed E-state index contributed by atoms with van der Waals surface area (Å²) in [6.45, 7) is 5.59. The van der Waals surface area contributed by atoms with E-state index in [0.29, 0.717) is 25.0 Å². The number of rotatable bonds is 5. The standard InChI is InChI=1S/C13H24F2N2/c1-10(2)17(11-4-3-5-11)9-6-12-13(14,15)7-8-16-12/h10-12,16H,3-9H2,1-2H3. The molecule has 0 radical (unpaired) electrons. The number of nitrogens with zero attached hydrogens (tertiary/aromatic N) is 1. The molecule has 1 N–H and O–H groups in total. The molecule has 100 valence electrons. The van der Waals surface area contributed by atoms with Crippen molar-refractivity contribution in [3.05, 3.63) is 0 Å². The van der Waals surface area contributed by atoms with E-state index in [-0.39, 0.29) is 6.42 Å². The molecule has 2 nitrogen and oxygen atoms in total. The van der Waals surface area contributed by atoms with Gasteiger partial charge in [-0.1, -0.05) is 6.42 Å². The van der Waals surface area contributed by atoms with Gasteiger partial charge in [-0.25, -0.2) is 8.78 Å². The molecule has 1 saturated heterocycles. The van der Waals surface area contributed by atoms with E-state index < -0.39 is 12.0 Å². The summed E-state index contributed by atoms with van der Waals surface area (Å²) < 4.78 is 27.0. The van der Waals surface area contributed by atoms with Crippen LogP contribution < -0.4 is 5.32 Å². The van der Waals surface area contributed by atoms with Crippen LogP contribution >= 0.6 is 0 Å². The van der Waals surface area contributed by atoms with Gasteiger partial charge in [0, 0.05) is 31.6 Å². The SMILES string of the molecule is CC(C)N(CCC1NCCC1(F)F)C1CCC1. The molecule has 4 heteroatoms. The van der Waals surface area contributed by atoms with Crippen molar-refractivity contribution in [3.63, 3.8) is 0 Å². The second-order valence-corrected chi connectivity index (χ2v) is 5.72. The topological polar surface area (TPSA) is 15.3 Å². The van der Waals surface area contributed by atoms with Gasteiger partial charge in [0.15, 0.2) is 0 Å². The number of halogens is 2. The van der Waals surface area contributed by atoms with Gasteiger partial charge < -0.3 is 5.32 Å². The van der Waals surface area contributed by atoms with E-state index in [9.17, 15) is 8.78 Å². The van der Waals surface area contributed by atoms with Crippen LogP contribution in [0.25, 0.3) is 0 Å². The second-order valence-electron chi connectivity index (χ2n) is 5.72. The summed E-state index contributed by atoms with van der Waals surface area (Å²) in [5.74, 6) is -2.50. The fourth-order valence-corrected chi connectivity index (χ4v) is 2.91. The fourth-order valence-electron chi connectivity index (χ4n) is 2.91. The highest BCUT2D eigenvalue weighted by Gasteiger charge is 2.43. The molecule has 1 saturated carbocycles. The molecule has 0 amide bonds. The Kier molecular flexibility index (Phi) is 4.03. The van der Waals surface area contributed by atoms with Gasteiger partial charge in [-0.2, -0.15) is 0 Å². The lowest BCUT2D eigenvalue weighted by Gasteiger charge is -2.41. The number of alkyl halides is 2. The van der Waals surface area contributed by atoms with E-state index in [4.69, 9.17) is 0 Å². The van der Waals surface area contributed by atoms with Crippen LogP contribution in [0, 0.1) is 0 Å². The molecule has 17 heavy (non-hydrogen) atoms. The predicted octanol–water partition coefficient (Wildman–Crippen LogP) is 2.64. The summed E-state index contributed by atoms with van der Waals surface area (Å²) in [7, 11) is 0. The molecule has 0 aromatic heterocycles. The van der Waals surface area contributed by atoms with Gasteiger partial charge in [-0.15, -0.1) is 0 Å². The number of hydrogen-bond donors (Lipinski definition) is 1. The smallest absolute Gasteiger partial charge is 0.264 e. The zero-order valence-corrected chi connectivity index (χ0v) is 10.9. The maximum atomic E-state index is 13.5. The lowest BCUT2D eigenvalue weighted by molar-refractivity contribution is -0.0196. The molecule has 1 heterocycles. The summed E-state index contributed by atoms with van der Waals surface area (Å²) in [5, 5.41) is 2.94. The van der Waals surface area contributed by atoms with Crippen LogP contribution in [0.1, 0.15) is 46.0 Å². The zero-order valence-electron chi connectivity index (χ0n) is 10.9. The van der Waals surface area contributed by atoms with Crippen LogP contribution in [0.4, 0.5) is 8.78 Å². The van der Waals surface area contributed by atoms with Crippen LogP contribution in [0.2, 0.25) is 0 Å². The van der Waals surface area contributed by atoms with Crippen molar-refractivity contribution in [3.8, 4) is 0 Å². The lowest BCUT2D eigenvalue weighted by atomic mass is 9.90. The molecule has 1 aliphatic heterocycles. The Labute approximate surface area is 103 Å². The third-order valence-electron chi connectivity index (χ3n) is 4.24. The largest absolute Gasteiger partial charge is 0.308 e. The molecule has 2 fully saturated rings. The van der Waals surface area contributed by atoms with E-state index in [1.165, 1.54) is 19.3 Å². The van der Waals surface area contributed by atoms with Crippen molar-refractivity contribution in [2.75, 3.05) is 13.1 Å². The summed E-state index contributed by atoms with van der Waals surface area (Å²) in [4.78, 5) is 2.40. The van der Waals surface area contributed by atoms with Crippen molar-refractivity contribution in [1.82, 2.24) is 10.2 Å². The van der Waals surface area contributed by atoms with Gasteiger partial charge in [-0.3, -0.25) is 4.90 Å². The molecule has 1 aliphatic carbocycles. The summed E-state index contributed by atoms with van der Waals surface area (Å²) >= 11 is 0. The Morgan fingerprint density at radius 1 is 1.35 bits per heavy atom. The first kappa shape index (κ1) is 13.2. The Bertz CT molecular complexity index is 252. The highest BCUT2D eigenvalue weighted by atomic mass is 19.3. The van der Waals surface area contributed by atoms with Crippen molar-refractivity contribution < 1.29 is 8.78 Å². The second kappa shape index (κ2) is 5.19. The van der Waals surface area contributed by atoms with Crippen molar-refractivity contribution >= 4 is 0 Å². The third kappa shape index (κ3) is 2.97. The average molecular weight is 246 g/mol. The van der Waals surface area contributed by atoms with Crippen LogP contribution in [0.5, 0.6) is 0 Å². The molecule has 1 atom stereocenters. The number of nitrogens with one attached hydrogen (secondary N) is 1. The highest BCUT2D eigenvalue weighted by molar-refractivity contribution is 4.92.